The monoisotopic (exact) mass is 319 g/mol. The van der Waals surface area contributed by atoms with Crippen LogP contribution in [0.1, 0.15) is 36.4 Å². The third-order valence-corrected chi connectivity index (χ3v) is 5.22. The maximum absolute atomic E-state index is 13.8. The molecule has 1 aliphatic rings. The standard InChI is InChI=1S/C15H14FN3O2S/c16-13-6-10(8-17)4-5-14(13)19-22(20,21)12-7-15(18-9-12)11-2-1-3-11/h4-7,9,11,18-19H,1-3H2. The van der Waals surface area contributed by atoms with E-state index >= 15 is 0 Å². The molecule has 22 heavy (non-hydrogen) atoms. The lowest BCUT2D eigenvalue weighted by Gasteiger charge is -2.23. The summed E-state index contributed by atoms with van der Waals surface area (Å²) in [6, 6.07) is 6.98. The predicted octanol–water partition coefficient (Wildman–Crippen LogP) is 3.09. The van der Waals surface area contributed by atoms with Crippen molar-refractivity contribution in [2.24, 2.45) is 0 Å². The van der Waals surface area contributed by atoms with Crippen LogP contribution in [0, 0.1) is 17.1 Å². The number of nitriles is 1. The molecule has 7 heteroatoms. The van der Waals surface area contributed by atoms with Gasteiger partial charge in [-0.3, -0.25) is 4.72 Å². The summed E-state index contributed by atoms with van der Waals surface area (Å²) < 4.78 is 40.6. The number of hydrogen-bond donors (Lipinski definition) is 2. The summed E-state index contributed by atoms with van der Waals surface area (Å²) in [6.45, 7) is 0. The molecule has 0 radical (unpaired) electrons. The van der Waals surface area contributed by atoms with Crippen molar-refractivity contribution < 1.29 is 12.8 Å². The van der Waals surface area contributed by atoms with Gasteiger partial charge in [-0.1, -0.05) is 6.42 Å². The molecule has 2 N–H and O–H groups in total. The Hall–Kier alpha value is -2.33. The van der Waals surface area contributed by atoms with Gasteiger partial charge < -0.3 is 4.98 Å². The van der Waals surface area contributed by atoms with Crippen molar-refractivity contribution in [3.8, 4) is 6.07 Å². The van der Waals surface area contributed by atoms with E-state index < -0.39 is 15.8 Å². The van der Waals surface area contributed by atoms with Crippen molar-refractivity contribution in [2.45, 2.75) is 30.1 Å². The number of halogens is 1. The van der Waals surface area contributed by atoms with E-state index in [4.69, 9.17) is 5.26 Å². The topological polar surface area (TPSA) is 85.8 Å². The molecule has 114 valence electrons. The molecular formula is C15H14FN3O2S. The van der Waals surface area contributed by atoms with Gasteiger partial charge in [-0.2, -0.15) is 5.26 Å². The van der Waals surface area contributed by atoms with E-state index in [9.17, 15) is 12.8 Å². The molecule has 5 nitrogen and oxygen atoms in total. The van der Waals surface area contributed by atoms with Crippen molar-refractivity contribution in [3.05, 3.63) is 47.5 Å². The van der Waals surface area contributed by atoms with Gasteiger partial charge in [-0.15, -0.1) is 0 Å². The smallest absolute Gasteiger partial charge is 0.263 e. The fourth-order valence-electron chi connectivity index (χ4n) is 2.37. The highest BCUT2D eigenvalue weighted by Gasteiger charge is 2.24. The highest BCUT2D eigenvalue weighted by atomic mass is 32.2. The molecule has 3 rings (SSSR count). The SMILES string of the molecule is N#Cc1ccc(NS(=O)(=O)c2c[nH]c(C3CCC3)c2)c(F)c1. The average Bonchev–Trinajstić information content (AvgIpc) is 2.89. The van der Waals surface area contributed by atoms with Crippen molar-refractivity contribution in [1.29, 1.82) is 5.26 Å². The molecule has 1 aromatic carbocycles. The second-order valence-corrected chi connectivity index (χ2v) is 7.01. The van der Waals surface area contributed by atoms with Gasteiger partial charge in [0.2, 0.25) is 0 Å². The van der Waals surface area contributed by atoms with E-state index in [0.717, 1.165) is 31.0 Å². The van der Waals surface area contributed by atoms with Crippen LogP contribution in [0.25, 0.3) is 0 Å². The van der Waals surface area contributed by atoms with Crippen LogP contribution in [0.3, 0.4) is 0 Å². The average molecular weight is 319 g/mol. The largest absolute Gasteiger partial charge is 0.363 e. The van der Waals surface area contributed by atoms with E-state index in [1.165, 1.54) is 18.3 Å². The van der Waals surface area contributed by atoms with Crippen LogP contribution in [-0.4, -0.2) is 13.4 Å². The minimum absolute atomic E-state index is 0.0816. The van der Waals surface area contributed by atoms with Gasteiger partial charge in [0.1, 0.15) is 10.7 Å². The number of nitrogens with zero attached hydrogens (tertiary/aromatic N) is 1. The zero-order valence-electron chi connectivity index (χ0n) is 11.6. The van der Waals surface area contributed by atoms with Crippen molar-refractivity contribution in [2.75, 3.05) is 4.72 Å². The van der Waals surface area contributed by atoms with Crippen LogP contribution in [0.2, 0.25) is 0 Å². The van der Waals surface area contributed by atoms with Crippen LogP contribution in [0.5, 0.6) is 0 Å². The zero-order valence-corrected chi connectivity index (χ0v) is 12.5. The van der Waals surface area contributed by atoms with E-state index in [1.807, 2.05) is 0 Å². The van der Waals surface area contributed by atoms with Gasteiger partial charge in [0.25, 0.3) is 10.0 Å². The molecular weight excluding hydrogens is 305 g/mol. The number of benzene rings is 1. The van der Waals surface area contributed by atoms with E-state index in [-0.39, 0.29) is 16.1 Å². The molecule has 2 aromatic rings. The number of hydrogen-bond acceptors (Lipinski definition) is 3. The summed E-state index contributed by atoms with van der Waals surface area (Å²) in [5, 5.41) is 8.69. The summed E-state index contributed by atoms with van der Waals surface area (Å²) in [4.78, 5) is 3.06. The lowest BCUT2D eigenvalue weighted by Crippen LogP contribution is -2.13. The molecule has 0 spiro atoms. The van der Waals surface area contributed by atoms with Gasteiger partial charge in [-0.25, -0.2) is 12.8 Å². The highest BCUT2D eigenvalue weighted by molar-refractivity contribution is 7.92. The Labute approximate surface area is 127 Å². The molecule has 1 aliphatic carbocycles. The van der Waals surface area contributed by atoms with E-state index in [0.29, 0.717) is 5.92 Å². The van der Waals surface area contributed by atoms with E-state index in [2.05, 4.69) is 9.71 Å². The first-order valence-corrected chi connectivity index (χ1v) is 8.39. The summed E-state index contributed by atoms with van der Waals surface area (Å²) in [7, 11) is -3.86. The van der Waals surface area contributed by atoms with Gasteiger partial charge in [0.05, 0.1) is 17.3 Å². The number of rotatable bonds is 4. The number of nitrogens with one attached hydrogen (secondary N) is 2. The summed E-state index contributed by atoms with van der Waals surface area (Å²) >= 11 is 0. The molecule has 1 heterocycles. The van der Waals surface area contributed by atoms with E-state index in [1.54, 1.807) is 12.1 Å². The Morgan fingerprint density at radius 2 is 2.09 bits per heavy atom. The molecule has 0 atom stereocenters. The fourth-order valence-corrected chi connectivity index (χ4v) is 3.44. The lowest BCUT2D eigenvalue weighted by molar-refractivity contribution is 0.412. The van der Waals surface area contributed by atoms with Crippen molar-refractivity contribution in [1.82, 2.24) is 4.98 Å². The maximum atomic E-state index is 13.8. The predicted molar refractivity (Wildman–Crippen MR) is 79.3 cm³/mol. The quantitative estimate of drug-likeness (QED) is 0.908. The zero-order chi connectivity index (χ0) is 15.7. The third-order valence-electron chi connectivity index (χ3n) is 3.88. The summed E-state index contributed by atoms with van der Waals surface area (Å²) in [5.74, 6) is -0.395. The maximum Gasteiger partial charge on any atom is 0.263 e. The molecule has 0 bridgehead atoms. The van der Waals surface area contributed by atoms with Crippen molar-refractivity contribution >= 4 is 15.7 Å². The van der Waals surface area contributed by atoms with Crippen LogP contribution in [-0.2, 0) is 10.0 Å². The number of aromatic amines is 1. The Balaban J connectivity index is 1.84. The third kappa shape index (κ3) is 2.70. The molecule has 0 unspecified atom stereocenters. The minimum Gasteiger partial charge on any atom is -0.363 e. The Morgan fingerprint density at radius 3 is 2.68 bits per heavy atom. The number of anilines is 1. The molecule has 0 amide bonds. The van der Waals surface area contributed by atoms with Crippen LogP contribution in [0.4, 0.5) is 10.1 Å². The first-order valence-electron chi connectivity index (χ1n) is 6.90. The van der Waals surface area contributed by atoms with Crippen molar-refractivity contribution in [3.63, 3.8) is 0 Å². The summed E-state index contributed by atoms with van der Waals surface area (Å²) in [5.41, 5.74) is 0.853. The summed E-state index contributed by atoms with van der Waals surface area (Å²) in [6.07, 6.45) is 4.67. The fraction of sp³-hybridized carbons (Fsp3) is 0.267. The van der Waals surface area contributed by atoms with Crippen LogP contribution < -0.4 is 4.72 Å². The Kier molecular flexibility index (Phi) is 3.62. The van der Waals surface area contributed by atoms with Gasteiger partial charge in [-0.05, 0) is 43.0 Å². The van der Waals surface area contributed by atoms with Gasteiger partial charge in [0, 0.05) is 11.9 Å². The first-order chi connectivity index (χ1) is 10.5. The normalized spacial score (nSPS) is 15.1. The number of H-pyrrole nitrogens is 1. The lowest BCUT2D eigenvalue weighted by atomic mass is 9.83. The molecule has 1 fully saturated rings. The molecule has 1 saturated carbocycles. The molecule has 0 saturated heterocycles. The number of aromatic nitrogens is 1. The highest BCUT2D eigenvalue weighted by Crippen LogP contribution is 2.36. The Bertz CT molecular complexity index is 848. The molecule has 0 aliphatic heterocycles. The van der Waals surface area contributed by atoms with Crippen LogP contribution >= 0.6 is 0 Å². The van der Waals surface area contributed by atoms with Gasteiger partial charge in [0.15, 0.2) is 0 Å². The Morgan fingerprint density at radius 1 is 1.32 bits per heavy atom. The first kappa shape index (κ1) is 14.6. The second kappa shape index (κ2) is 5.46. The second-order valence-electron chi connectivity index (χ2n) is 5.33. The van der Waals surface area contributed by atoms with Crippen LogP contribution in [0.15, 0.2) is 35.4 Å². The number of sulfonamides is 1. The minimum atomic E-state index is -3.86. The van der Waals surface area contributed by atoms with Gasteiger partial charge >= 0.3 is 0 Å². The molecule has 1 aromatic heterocycles.